The van der Waals surface area contributed by atoms with E-state index in [0.29, 0.717) is 12.6 Å². The van der Waals surface area contributed by atoms with Gasteiger partial charge in [-0.05, 0) is 20.3 Å². The third kappa shape index (κ3) is 5.36. The maximum atomic E-state index is 11.3. The summed E-state index contributed by atoms with van der Waals surface area (Å²) in [6.45, 7) is 9.06. The average molecular weight is 262 g/mol. The molecule has 17 heavy (non-hydrogen) atoms. The van der Waals surface area contributed by atoms with E-state index in [4.69, 9.17) is 0 Å². The quantitative estimate of drug-likeness (QED) is 0.799. The molecule has 102 valence electrons. The van der Waals surface area contributed by atoms with Crippen LogP contribution in [0.25, 0.3) is 0 Å². The van der Waals surface area contributed by atoms with Crippen LogP contribution in [0.1, 0.15) is 33.6 Å². The Morgan fingerprint density at radius 1 is 1.41 bits per heavy atom. The van der Waals surface area contributed by atoms with Crippen molar-refractivity contribution >= 4 is 9.84 Å². The predicted molar refractivity (Wildman–Crippen MR) is 72.1 cm³/mol. The summed E-state index contributed by atoms with van der Waals surface area (Å²) in [5, 5.41) is 3.53. The number of nitrogens with zero attached hydrogens (tertiary/aromatic N) is 1. The van der Waals surface area contributed by atoms with Gasteiger partial charge in [0.15, 0.2) is 0 Å². The lowest BCUT2D eigenvalue weighted by Crippen LogP contribution is -2.62. The van der Waals surface area contributed by atoms with Gasteiger partial charge in [-0.25, -0.2) is 8.42 Å². The first-order valence-corrected chi connectivity index (χ1v) is 8.46. The Morgan fingerprint density at radius 3 is 2.59 bits per heavy atom. The Hall–Kier alpha value is -0.130. The summed E-state index contributed by atoms with van der Waals surface area (Å²) < 4.78 is 22.5. The maximum Gasteiger partial charge on any atom is 0.148 e. The molecule has 1 rings (SSSR count). The van der Waals surface area contributed by atoms with Gasteiger partial charge in [0.2, 0.25) is 0 Å². The molecule has 1 atom stereocenters. The van der Waals surface area contributed by atoms with Crippen LogP contribution >= 0.6 is 0 Å². The largest absolute Gasteiger partial charge is 0.309 e. The van der Waals surface area contributed by atoms with Crippen LogP contribution in [0.4, 0.5) is 0 Å². The number of nitrogens with one attached hydrogen (secondary N) is 1. The lowest BCUT2D eigenvalue weighted by molar-refractivity contribution is 0.0958. The zero-order valence-electron chi connectivity index (χ0n) is 11.5. The molecular weight excluding hydrogens is 236 g/mol. The van der Waals surface area contributed by atoms with Gasteiger partial charge in [0.25, 0.3) is 0 Å². The van der Waals surface area contributed by atoms with Crippen LogP contribution in [0.3, 0.4) is 0 Å². The number of rotatable bonds is 5. The molecule has 0 aromatic rings. The minimum Gasteiger partial charge on any atom is -0.309 e. The Bertz CT molecular complexity index is 338. The molecule has 0 spiro atoms. The van der Waals surface area contributed by atoms with Gasteiger partial charge < -0.3 is 5.32 Å². The highest BCUT2D eigenvalue weighted by molar-refractivity contribution is 7.90. The van der Waals surface area contributed by atoms with Crippen molar-refractivity contribution in [2.24, 2.45) is 0 Å². The van der Waals surface area contributed by atoms with E-state index < -0.39 is 9.84 Å². The molecule has 0 aromatic carbocycles. The molecule has 1 aliphatic heterocycles. The zero-order chi connectivity index (χ0) is 13.1. The van der Waals surface area contributed by atoms with Gasteiger partial charge in [0.05, 0.1) is 5.75 Å². The molecule has 0 aliphatic carbocycles. The third-order valence-electron chi connectivity index (χ3n) is 3.30. The second-order valence-electron chi connectivity index (χ2n) is 5.81. The van der Waals surface area contributed by atoms with E-state index >= 15 is 0 Å². The van der Waals surface area contributed by atoms with E-state index in [9.17, 15) is 8.42 Å². The molecule has 5 heteroatoms. The molecular formula is C12H26N2O2S. The van der Waals surface area contributed by atoms with Gasteiger partial charge in [0, 0.05) is 37.5 Å². The monoisotopic (exact) mass is 262 g/mol. The normalized spacial score (nSPS) is 26.0. The Labute approximate surface area is 106 Å². The SMILES string of the molecule is CCCC1CNC(C)(C)CN1CCS(C)(=O)=O. The molecule has 1 saturated heterocycles. The average Bonchev–Trinajstić information content (AvgIpc) is 2.17. The molecule has 1 unspecified atom stereocenters. The van der Waals surface area contributed by atoms with Crippen molar-refractivity contribution in [3.05, 3.63) is 0 Å². The van der Waals surface area contributed by atoms with Gasteiger partial charge in [-0.15, -0.1) is 0 Å². The number of piperazine rings is 1. The molecule has 1 heterocycles. The standard InChI is InChI=1S/C12H26N2O2S/c1-5-6-11-9-13-12(2,3)10-14(11)7-8-17(4,15)16/h11,13H,5-10H2,1-4H3. The van der Waals surface area contributed by atoms with Gasteiger partial charge in [-0.1, -0.05) is 13.3 Å². The zero-order valence-corrected chi connectivity index (χ0v) is 12.3. The molecule has 0 amide bonds. The van der Waals surface area contributed by atoms with Gasteiger partial charge in [0.1, 0.15) is 9.84 Å². The fraction of sp³-hybridized carbons (Fsp3) is 1.00. The molecule has 4 nitrogen and oxygen atoms in total. The molecule has 0 aromatic heterocycles. The first-order chi connectivity index (χ1) is 7.73. The maximum absolute atomic E-state index is 11.3. The topological polar surface area (TPSA) is 49.4 Å². The Kier molecular flexibility index (Phi) is 4.98. The van der Waals surface area contributed by atoms with Crippen molar-refractivity contribution in [1.29, 1.82) is 0 Å². The summed E-state index contributed by atoms with van der Waals surface area (Å²) in [5.74, 6) is 0.267. The van der Waals surface area contributed by atoms with Crippen LogP contribution in [0.5, 0.6) is 0 Å². The van der Waals surface area contributed by atoms with Crippen LogP contribution in [0, 0.1) is 0 Å². The van der Waals surface area contributed by atoms with E-state index in [1.807, 2.05) is 0 Å². The lowest BCUT2D eigenvalue weighted by Gasteiger charge is -2.44. The van der Waals surface area contributed by atoms with Gasteiger partial charge in [-0.3, -0.25) is 4.90 Å². The smallest absolute Gasteiger partial charge is 0.148 e. The first-order valence-electron chi connectivity index (χ1n) is 6.40. The van der Waals surface area contributed by atoms with Crippen LogP contribution in [-0.4, -0.2) is 56.5 Å². The highest BCUT2D eigenvalue weighted by atomic mass is 32.2. The van der Waals surface area contributed by atoms with E-state index in [1.54, 1.807) is 0 Å². The lowest BCUT2D eigenvalue weighted by atomic mass is 9.97. The van der Waals surface area contributed by atoms with Crippen molar-refractivity contribution in [2.75, 3.05) is 31.6 Å². The van der Waals surface area contributed by atoms with Crippen molar-refractivity contribution in [2.45, 2.75) is 45.2 Å². The first kappa shape index (κ1) is 14.9. The summed E-state index contributed by atoms with van der Waals surface area (Å²) in [6, 6.07) is 0.481. The Morgan fingerprint density at radius 2 is 2.06 bits per heavy atom. The highest BCUT2D eigenvalue weighted by Gasteiger charge is 2.31. The fourth-order valence-electron chi connectivity index (χ4n) is 2.38. The van der Waals surface area contributed by atoms with E-state index in [-0.39, 0.29) is 11.3 Å². The van der Waals surface area contributed by atoms with Crippen molar-refractivity contribution < 1.29 is 8.42 Å². The Balaban J connectivity index is 2.61. The summed E-state index contributed by atoms with van der Waals surface area (Å²) >= 11 is 0. The van der Waals surface area contributed by atoms with Crippen LogP contribution < -0.4 is 5.32 Å². The second kappa shape index (κ2) is 5.67. The van der Waals surface area contributed by atoms with E-state index in [0.717, 1.165) is 25.9 Å². The van der Waals surface area contributed by atoms with Crippen LogP contribution in [0.15, 0.2) is 0 Å². The molecule has 0 bridgehead atoms. The van der Waals surface area contributed by atoms with Gasteiger partial charge in [-0.2, -0.15) is 0 Å². The summed E-state index contributed by atoms with van der Waals surface area (Å²) in [4.78, 5) is 2.33. The minimum atomic E-state index is -2.86. The van der Waals surface area contributed by atoms with Crippen LogP contribution in [-0.2, 0) is 9.84 Å². The number of hydrogen-bond acceptors (Lipinski definition) is 4. The minimum absolute atomic E-state index is 0.0851. The number of hydrogen-bond donors (Lipinski definition) is 1. The molecule has 0 saturated carbocycles. The summed E-state index contributed by atoms with van der Waals surface area (Å²) in [7, 11) is -2.86. The fourth-order valence-corrected chi connectivity index (χ4v) is 2.94. The summed E-state index contributed by atoms with van der Waals surface area (Å²) in [6.07, 6.45) is 3.59. The highest BCUT2D eigenvalue weighted by Crippen LogP contribution is 2.18. The van der Waals surface area contributed by atoms with Crippen molar-refractivity contribution in [3.8, 4) is 0 Å². The molecule has 1 N–H and O–H groups in total. The van der Waals surface area contributed by atoms with Crippen molar-refractivity contribution in [1.82, 2.24) is 10.2 Å². The molecule has 0 radical (unpaired) electrons. The molecule has 1 aliphatic rings. The van der Waals surface area contributed by atoms with E-state index in [2.05, 4.69) is 31.0 Å². The van der Waals surface area contributed by atoms with Gasteiger partial charge >= 0.3 is 0 Å². The third-order valence-corrected chi connectivity index (χ3v) is 4.23. The van der Waals surface area contributed by atoms with Crippen molar-refractivity contribution in [3.63, 3.8) is 0 Å². The second-order valence-corrected chi connectivity index (χ2v) is 8.07. The predicted octanol–water partition coefficient (Wildman–Crippen LogP) is 0.884. The number of sulfone groups is 1. The van der Waals surface area contributed by atoms with Crippen LogP contribution in [0.2, 0.25) is 0 Å². The molecule has 1 fully saturated rings. The van der Waals surface area contributed by atoms with E-state index in [1.165, 1.54) is 6.26 Å². The summed E-state index contributed by atoms with van der Waals surface area (Å²) in [5.41, 5.74) is 0.0851.